The second-order valence-electron chi connectivity index (χ2n) is 8.01. The van der Waals surface area contributed by atoms with Crippen LogP contribution in [0.5, 0.6) is 0 Å². The lowest BCUT2D eigenvalue weighted by Gasteiger charge is -2.12. The molecule has 0 saturated heterocycles. The summed E-state index contributed by atoms with van der Waals surface area (Å²) in [6, 6.07) is 13.1. The number of aromatic nitrogens is 2. The van der Waals surface area contributed by atoms with Crippen molar-refractivity contribution in [2.24, 2.45) is 0 Å². The fourth-order valence-electron chi connectivity index (χ4n) is 3.72. The number of imidazole rings is 1. The maximum atomic E-state index is 13.2. The van der Waals surface area contributed by atoms with E-state index in [1.165, 1.54) is 6.07 Å². The van der Waals surface area contributed by atoms with Gasteiger partial charge in [-0.3, -0.25) is 4.79 Å². The van der Waals surface area contributed by atoms with E-state index in [2.05, 4.69) is 5.32 Å². The number of nitrogens with zero attached hydrogens (tertiary/aromatic N) is 2. The predicted octanol–water partition coefficient (Wildman–Crippen LogP) is 6.78. The Morgan fingerprint density at radius 2 is 1.79 bits per heavy atom. The Hall–Kier alpha value is -3.32. The Bertz CT molecular complexity index is 1380. The molecule has 0 aliphatic heterocycles. The first-order chi connectivity index (χ1) is 15.5. The first kappa shape index (κ1) is 22.9. The van der Waals surface area contributed by atoms with Crippen LogP contribution in [-0.4, -0.2) is 15.3 Å². The molecule has 33 heavy (non-hydrogen) atoms. The van der Waals surface area contributed by atoms with Gasteiger partial charge in [-0.2, -0.15) is 13.2 Å². The number of benzene rings is 2. The first-order valence-electron chi connectivity index (χ1n) is 10.3. The van der Waals surface area contributed by atoms with Gasteiger partial charge in [0.2, 0.25) is 5.91 Å². The van der Waals surface area contributed by atoms with Crippen LogP contribution in [0.4, 0.5) is 18.9 Å². The highest BCUT2D eigenvalue weighted by molar-refractivity contribution is 6.31. The van der Waals surface area contributed by atoms with Crippen molar-refractivity contribution >= 4 is 28.8 Å². The van der Waals surface area contributed by atoms with Gasteiger partial charge in [-0.15, -0.1) is 0 Å². The zero-order valence-corrected chi connectivity index (χ0v) is 19.0. The van der Waals surface area contributed by atoms with E-state index in [4.69, 9.17) is 16.6 Å². The van der Waals surface area contributed by atoms with Crippen LogP contribution in [0, 0.1) is 20.8 Å². The molecule has 4 nitrogen and oxygen atoms in total. The summed E-state index contributed by atoms with van der Waals surface area (Å²) in [6.07, 6.45) is -2.86. The van der Waals surface area contributed by atoms with Crippen molar-refractivity contribution in [3.05, 3.63) is 87.7 Å². The molecule has 1 amide bonds. The Kier molecular flexibility index (Phi) is 5.93. The van der Waals surface area contributed by atoms with Gasteiger partial charge in [-0.05, 0) is 67.8 Å². The number of carbonyl (C=O) groups is 1. The second-order valence-corrected chi connectivity index (χ2v) is 8.42. The van der Waals surface area contributed by atoms with E-state index in [-0.39, 0.29) is 12.1 Å². The summed E-state index contributed by atoms with van der Waals surface area (Å²) in [7, 11) is 0. The molecule has 0 bridgehead atoms. The Labute approximate surface area is 194 Å². The average Bonchev–Trinajstić information content (AvgIpc) is 3.10. The summed E-state index contributed by atoms with van der Waals surface area (Å²) in [4.78, 5) is 17.7. The van der Waals surface area contributed by atoms with E-state index in [1.54, 1.807) is 0 Å². The number of halogens is 4. The largest absolute Gasteiger partial charge is 0.417 e. The maximum Gasteiger partial charge on any atom is 0.417 e. The van der Waals surface area contributed by atoms with Gasteiger partial charge in [0.15, 0.2) is 0 Å². The van der Waals surface area contributed by atoms with E-state index >= 15 is 0 Å². The minimum absolute atomic E-state index is 0.0226. The fourth-order valence-corrected chi connectivity index (χ4v) is 3.94. The van der Waals surface area contributed by atoms with E-state index in [9.17, 15) is 18.0 Å². The van der Waals surface area contributed by atoms with Crippen LogP contribution in [0.25, 0.3) is 16.9 Å². The molecule has 2 aromatic heterocycles. The number of alkyl halides is 3. The lowest BCUT2D eigenvalue weighted by Crippen LogP contribution is -2.17. The first-order valence-corrected chi connectivity index (χ1v) is 10.6. The van der Waals surface area contributed by atoms with Crippen LogP contribution in [0.2, 0.25) is 5.02 Å². The number of anilines is 1. The molecule has 8 heteroatoms. The quantitative estimate of drug-likeness (QED) is 0.356. The van der Waals surface area contributed by atoms with Gasteiger partial charge in [0, 0.05) is 17.4 Å². The number of aryl methyl sites for hydroxylation is 3. The number of hydrogen-bond acceptors (Lipinski definition) is 2. The summed E-state index contributed by atoms with van der Waals surface area (Å²) in [5.74, 6) is -0.459. The normalized spacial score (nSPS) is 11.7. The number of fused-ring (bicyclic) bond motifs is 1. The Balaban J connectivity index is 1.72. The zero-order valence-electron chi connectivity index (χ0n) is 18.2. The SMILES string of the molecule is Cc1ccc(-c2nc3c(C)cccn3c2CC(=O)Nc2ccc(Cl)c(C(F)(F)F)c2)cc1C. The molecule has 0 spiro atoms. The monoisotopic (exact) mass is 471 g/mol. The van der Waals surface area contributed by atoms with Crippen molar-refractivity contribution in [2.75, 3.05) is 5.32 Å². The molecule has 0 fully saturated rings. The van der Waals surface area contributed by atoms with E-state index < -0.39 is 22.7 Å². The molecule has 4 aromatic rings. The number of amides is 1. The number of nitrogens with one attached hydrogen (secondary N) is 1. The third kappa shape index (κ3) is 4.59. The van der Waals surface area contributed by atoms with E-state index in [1.807, 2.05) is 61.7 Å². The smallest absolute Gasteiger partial charge is 0.326 e. The van der Waals surface area contributed by atoms with Crippen molar-refractivity contribution in [2.45, 2.75) is 33.4 Å². The molecule has 2 aromatic carbocycles. The number of hydrogen-bond donors (Lipinski definition) is 1. The number of rotatable bonds is 4. The summed E-state index contributed by atoms with van der Waals surface area (Å²) in [5, 5.41) is 2.14. The van der Waals surface area contributed by atoms with Crippen molar-refractivity contribution in [3.8, 4) is 11.3 Å². The molecule has 0 aliphatic carbocycles. The minimum atomic E-state index is -4.62. The standard InChI is InChI=1S/C25H21ClF3N3O/c1-14-6-7-17(11-16(14)3)23-21(32-10-4-5-15(2)24(32)31-23)13-22(33)30-18-8-9-20(26)19(12-18)25(27,28)29/h4-12H,13H2,1-3H3,(H,30,33). The highest BCUT2D eigenvalue weighted by Crippen LogP contribution is 2.36. The summed E-state index contributed by atoms with van der Waals surface area (Å²) in [6.45, 7) is 5.95. The van der Waals surface area contributed by atoms with Gasteiger partial charge in [0.25, 0.3) is 0 Å². The summed E-state index contributed by atoms with van der Waals surface area (Å²) < 4.78 is 41.4. The molecule has 0 aliphatic rings. The van der Waals surface area contributed by atoms with Gasteiger partial charge in [0.1, 0.15) is 5.65 Å². The molecule has 170 valence electrons. The van der Waals surface area contributed by atoms with Gasteiger partial charge < -0.3 is 9.72 Å². The van der Waals surface area contributed by atoms with Crippen molar-refractivity contribution < 1.29 is 18.0 Å². The highest BCUT2D eigenvalue weighted by Gasteiger charge is 2.33. The zero-order chi connectivity index (χ0) is 23.9. The molecule has 0 unspecified atom stereocenters. The summed E-state index contributed by atoms with van der Waals surface area (Å²) in [5.41, 5.74) is 5.11. The Morgan fingerprint density at radius 3 is 2.48 bits per heavy atom. The highest BCUT2D eigenvalue weighted by atomic mass is 35.5. The van der Waals surface area contributed by atoms with E-state index in [0.717, 1.165) is 40.0 Å². The third-order valence-electron chi connectivity index (χ3n) is 5.61. The molecular formula is C25H21ClF3N3O. The van der Waals surface area contributed by atoms with Crippen LogP contribution in [0.15, 0.2) is 54.7 Å². The molecule has 0 saturated carbocycles. The van der Waals surface area contributed by atoms with Gasteiger partial charge in [-0.25, -0.2) is 4.98 Å². The fraction of sp³-hybridized carbons (Fsp3) is 0.200. The average molecular weight is 472 g/mol. The molecule has 4 rings (SSSR count). The Morgan fingerprint density at radius 1 is 1.03 bits per heavy atom. The topological polar surface area (TPSA) is 46.4 Å². The van der Waals surface area contributed by atoms with Crippen LogP contribution >= 0.6 is 11.6 Å². The maximum absolute atomic E-state index is 13.2. The molecular weight excluding hydrogens is 451 g/mol. The third-order valence-corrected chi connectivity index (χ3v) is 5.94. The molecule has 2 heterocycles. The molecule has 0 radical (unpaired) electrons. The molecule has 0 atom stereocenters. The number of carbonyl (C=O) groups excluding carboxylic acids is 1. The van der Waals surface area contributed by atoms with Crippen LogP contribution in [-0.2, 0) is 17.4 Å². The second kappa shape index (κ2) is 8.56. The lowest BCUT2D eigenvalue weighted by molar-refractivity contribution is -0.137. The van der Waals surface area contributed by atoms with Crippen LogP contribution in [0.3, 0.4) is 0 Å². The van der Waals surface area contributed by atoms with Gasteiger partial charge in [0.05, 0.1) is 28.4 Å². The number of pyridine rings is 1. The molecule has 1 N–H and O–H groups in total. The van der Waals surface area contributed by atoms with Crippen molar-refractivity contribution in [1.82, 2.24) is 9.38 Å². The lowest BCUT2D eigenvalue weighted by atomic mass is 10.0. The van der Waals surface area contributed by atoms with Crippen molar-refractivity contribution in [1.29, 1.82) is 0 Å². The minimum Gasteiger partial charge on any atom is -0.326 e. The predicted molar refractivity (Wildman–Crippen MR) is 124 cm³/mol. The van der Waals surface area contributed by atoms with Gasteiger partial charge >= 0.3 is 6.18 Å². The van der Waals surface area contributed by atoms with Crippen molar-refractivity contribution in [3.63, 3.8) is 0 Å². The van der Waals surface area contributed by atoms with Gasteiger partial charge in [-0.1, -0.05) is 29.8 Å². The summed E-state index contributed by atoms with van der Waals surface area (Å²) >= 11 is 5.68. The van der Waals surface area contributed by atoms with Crippen LogP contribution < -0.4 is 5.32 Å². The van der Waals surface area contributed by atoms with Crippen LogP contribution in [0.1, 0.15) is 27.9 Å². The van der Waals surface area contributed by atoms with E-state index in [0.29, 0.717) is 11.4 Å².